The molecule has 7 heteroatoms. The topological polar surface area (TPSA) is 67.1 Å². The van der Waals surface area contributed by atoms with Crippen molar-refractivity contribution in [3.8, 4) is 0 Å². The zero-order valence-electron chi connectivity index (χ0n) is 10.1. The summed E-state index contributed by atoms with van der Waals surface area (Å²) in [5.74, 6) is 3.21. The minimum absolute atomic E-state index is 0.115. The van der Waals surface area contributed by atoms with Crippen LogP contribution in [-0.2, 0) is 0 Å². The fourth-order valence-electron chi connectivity index (χ4n) is 1.61. The van der Waals surface area contributed by atoms with Gasteiger partial charge in [0.05, 0.1) is 16.9 Å². The highest BCUT2D eigenvalue weighted by Crippen LogP contribution is 2.22. The highest BCUT2D eigenvalue weighted by atomic mass is 35.5. The van der Waals surface area contributed by atoms with Crippen molar-refractivity contribution >= 4 is 28.9 Å². The zero-order valence-corrected chi connectivity index (χ0v) is 10.8. The van der Waals surface area contributed by atoms with E-state index in [-0.39, 0.29) is 11.3 Å². The van der Waals surface area contributed by atoms with Gasteiger partial charge >= 0.3 is 0 Å². The number of hydrazine groups is 1. The fourth-order valence-corrected chi connectivity index (χ4v) is 1.79. The number of nitrogen functional groups attached to an aromatic ring is 1. The molecule has 0 aliphatic rings. The van der Waals surface area contributed by atoms with Gasteiger partial charge in [-0.3, -0.25) is 10.6 Å². The predicted octanol–water partition coefficient (Wildman–Crippen LogP) is 3.16. The SMILES string of the molecule is NNc1ccc(Cl)cc1C(=O)Nc1cc(F)ccc1F. The molecule has 0 aliphatic heterocycles. The van der Waals surface area contributed by atoms with Crippen molar-refractivity contribution in [1.29, 1.82) is 0 Å². The van der Waals surface area contributed by atoms with Gasteiger partial charge in [0.1, 0.15) is 11.6 Å². The number of nitrogens with two attached hydrogens (primary N) is 1. The van der Waals surface area contributed by atoms with E-state index in [2.05, 4.69) is 10.7 Å². The number of benzene rings is 2. The van der Waals surface area contributed by atoms with E-state index in [4.69, 9.17) is 17.4 Å². The first-order chi connectivity index (χ1) is 9.51. The Balaban J connectivity index is 2.32. The lowest BCUT2D eigenvalue weighted by atomic mass is 10.1. The Labute approximate surface area is 118 Å². The van der Waals surface area contributed by atoms with Crippen LogP contribution in [0.1, 0.15) is 10.4 Å². The third-order valence-electron chi connectivity index (χ3n) is 2.56. The average molecular weight is 298 g/mol. The molecule has 0 saturated carbocycles. The molecule has 20 heavy (non-hydrogen) atoms. The Hall–Kier alpha value is -2.18. The highest BCUT2D eigenvalue weighted by Gasteiger charge is 2.14. The largest absolute Gasteiger partial charge is 0.323 e. The third kappa shape index (κ3) is 3.04. The van der Waals surface area contributed by atoms with Gasteiger partial charge in [0.25, 0.3) is 5.91 Å². The van der Waals surface area contributed by atoms with Crippen LogP contribution in [-0.4, -0.2) is 5.91 Å². The Morgan fingerprint density at radius 3 is 2.55 bits per heavy atom. The van der Waals surface area contributed by atoms with E-state index in [0.717, 1.165) is 18.2 Å². The van der Waals surface area contributed by atoms with E-state index in [9.17, 15) is 13.6 Å². The number of nitrogens with one attached hydrogen (secondary N) is 2. The minimum atomic E-state index is -0.746. The predicted molar refractivity (Wildman–Crippen MR) is 73.6 cm³/mol. The van der Waals surface area contributed by atoms with E-state index >= 15 is 0 Å². The lowest BCUT2D eigenvalue weighted by Gasteiger charge is -2.10. The second kappa shape index (κ2) is 5.85. The number of carbonyl (C=O) groups excluding carboxylic acids is 1. The summed E-state index contributed by atoms with van der Waals surface area (Å²) >= 11 is 5.79. The Bertz CT molecular complexity index is 664. The summed E-state index contributed by atoms with van der Waals surface area (Å²) in [5.41, 5.74) is 2.49. The van der Waals surface area contributed by atoms with Crippen LogP contribution in [0.2, 0.25) is 5.02 Å². The van der Waals surface area contributed by atoms with Crippen molar-refractivity contribution in [3.05, 3.63) is 58.6 Å². The average Bonchev–Trinajstić information content (AvgIpc) is 2.42. The van der Waals surface area contributed by atoms with Crippen molar-refractivity contribution in [3.63, 3.8) is 0 Å². The molecule has 2 aromatic rings. The maximum absolute atomic E-state index is 13.5. The van der Waals surface area contributed by atoms with Gasteiger partial charge in [-0.15, -0.1) is 0 Å². The van der Waals surface area contributed by atoms with Crippen LogP contribution >= 0.6 is 11.6 Å². The summed E-state index contributed by atoms with van der Waals surface area (Å²) in [5, 5.41) is 2.57. The molecule has 0 aliphatic carbocycles. The Morgan fingerprint density at radius 1 is 1.10 bits per heavy atom. The first kappa shape index (κ1) is 14.2. The van der Waals surface area contributed by atoms with E-state index in [1.54, 1.807) is 0 Å². The van der Waals surface area contributed by atoms with Crippen molar-refractivity contribution in [2.45, 2.75) is 0 Å². The summed E-state index contributed by atoms with van der Waals surface area (Å²) < 4.78 is 26.5. The lowest BCUT2D eigenvalue weighted by molar-refractivity contribution is 0.102. The normalized spacial score (nSPS) is 10.2. The van der Waals surface area contributed by atoms with Crippen LogP contribution in [0.3, 0.4) is 0 Å². The van der Waals surface area contributed by atoms with Gasteiger partial charge < -0.3 is 10.7 Å². The molecule has 0 aromatic heterocycles. The molecule has 4 nitrogen and oxygen atoms in total. The molecule has 0 bridgehead atoms. The number of carbonyl (C=O) groups is 1. The number of rotatable bonds is 3. The number of hydrogen-bond acceptors (Lipinski definition) is 3. The molecule has 0 heterocycles. The fraction of sp³-hybridized carbons (Fsp3) is 0. The van der Waals surface area contributed by atoms with E-state index < -0.39 is 17.5 Å². The van der Waals surface area contributed by atoms with E-state index in [0.29, 0.717) is 10.7 Å². The van der Waals surface area contributed by atoms with Gasteiger partial charge in [-0.25, -0.2) is 8.78 Å². The van der Waals surface area contributed by atoms with Crippen molar-refractivity contribution in [2.75, 3.05) is 10.7 Å². The van der Waals surface area contributed by atoms with Crippen molar-refractivity contribution in [2.24, 2.45) is 5.84 Å². The van der Waals surface area contributed by atoms with Crippen LogP contribution < -0.4 is 16.6 Å². The smallest absolute Gasteiger partial charge is 0.257 e. The molecule has 2 rings (SSSR count). The molecule has 2 aromatic carbocycles. The number of halogens is 3. The van der Waals surface area contributed by atoms with Crippen LogP contribution in [0.15, 0.2) is 36.4 Å². The van der Waals surface area contributed by atoms with Gasteiger partial charge in [0.2, 0.25) is 0 Å². The molecule has 4 N–H and O–H groups in total. The second-order valence-corrected chi connectivity index (χ2v) is 4.35. The van der Waals surface area contributed by atoms with Gasteiger partial charge in [0, 0.05) is 11.1 Å². The minimum Gasteiger partial charge on any atom is -0.323 e. The number of hydrogen-bond donors (Lipinski definition) is 3. The Morgan fingerprint density at radius 2 is 1.85 bits per heavy atom. The molecule has 0 atom stereocenters. The standard InChI is InChI=1S/C13H10ClF2N3O/c14-7-1-4-11(19-17)9(5-7)13(20)18-12-6-8(15)2-3-10(12)16/h1-6,19H,17H2,(H,18,20). The van der Waals surface area contributed by atoms with Gasteiger partial charge in [-0.05, 0) is 30.3 Å². The monoisotopic (exact) mass is 297 g/mol. The zero-order chi connectivity index (χ0) is 14.7. The summed E-state index contributed by atoms with van der Waals surface area (Å²) in [6.07, 6.45) is 0. The molecule has 1 amide bonds. The summed E-state index contributed by atoms with van der Waals surface area (Å²) in [6, 6.07) is 7.16. The highest BCUT2D eigenvalue weighted by molar-refractivity contribution is 6.31. The lowest BCUT2D eigenvalue weighted by Crippen LogP contribution is -2.18. The maximum atomic E-state index is 13.5. The number of anilines is 2. The third-order valence-corrected chi connectivity index (χ3v) is 2.79. The Kier molecular flexibility index (Phi) is 4.16. The molecule has 0 unspecified atom stereocenters. The quantitative estimate of drug-likeness (QED) is 0.602. The van der Waals surface area contributed by atoms with Crippen molar-refractivity contribution < 1.29 is 13.6 Å². The first-order valence-corrected chi connectivity index (χ1v) is 5.91. The molecule has 0 saturated heterocycles. The van der Waals surface area contributed by atoms with Gasteiger partial charge in [-0.1, -0.05) is 11.6 Å². The summed E-state index contributed by atoms with van der Waals surface area (Å²) in [6.45, 7) is 0. The summed E-state index contributed by atoms with van der Waals surface area (Å²) in [7, 11) is 0. The second-order valence-electron chi connectivity index (χ2n) is 3.91. The molecular formula is C13H10ClF2N3O. The summed E-state index contributed by atoms with van der Waals surface area (Å²) in [4.78, 5) is 12.1. The van der Waals surface area contributed by atoms with Crippen LogP contribution in [0, 0.1) is 11.6 Å². The van der Waals surface area contributed by atoms with Gasteiger partial charge in [-0.2, -0.15) is 0 Å². The maximum Gasteiger partial charge on any atom is 0.257 e. The van der Waals surface area contributed by atoms with Crippen LogP contribution in [0.25, 0.3) is 0 Å². The number of amides is 1. The molecule has 0 radical (unpaired) electrons. The van der Waals surface area contributed by atoms with Gasteiger partial charge in [0.15, 0.2) is 0 Å². The molecular weight excluding hydrogens is 288 g/mol. The van der Waals surface area contributed by atoms with Crippen molar-refractivity contribution in [1.82, 2.24) is 0 Å². The first-order valence-electron chi connectivity index (χ1n) is 5.54. The van der Waals surface area contributed by atoms with E-state index in [1.807, 2.05) is 0 Å². The molecule has 0 fully saturated rings. The van der Waals surface area contributed by atoms with E-state index in [1.165, 1.54) is 18.2 Å². The molecule has 0 spiro atoms. The van der Waals surface area contributed by atoms with Crippen LogP contribution in [0.4, 0.5) is 20.2 Å². The van der Waals surface area contributed by atoms with Crippen LogP contribution in [0.5, 0.6) is 0 Å². The molecule has 104 valence electrons.